The zero-order valence-corrected chi connectivity index (χ0v) is 19.0. The predicted molar refractivity (Wildman–Crippen MR) is 125 cm³/mol. The fourth-order valence-electron chi connectivity index (χ4n) is 4.21. The smallest absolute Gasteiger partial charge is 0.260 e. The minimum atomic E-state index is -0.350. The van der Waals surface area contributed by atoms with Crippen molar-refractivity contribution in [1.82, 2.24) is 15.1 Å². The third-order valence-corrected chi connectivity index (χ3v) is 6.19. The van der Waals surface area contributed by atoms with Crippen molar-refractivity contribution >= 4 is 23.4 Å². The Kier molecular flexibility index (Phi) is 7.74. The van der Waals surface area contributed by atoms with Crippen LogP contribution in [0.15, 0.2) is 54.6 Å². The lowest BCUT2D eigenvalue weighted by molar-refractivity contribution is -0.135. The van der Waals surface area contributed by atoms with Crippen LogP contribution in [0.2, 0.25) is 0 Å². The second kappa shape index (κ2) is 11.1. The van der Waals surface area contributed by atoms with Gasteiger partial charge in [0.05, 0.1) is 5.92 Å². The zero-order valence-electron chi connectivity index (χ0n) is 19.0. The fourth-order valence-corrected chi connectivity index (χ4v) is 4.21. The number of anilines is 1. The minimum Gasteiger partial charge on any atom is -0.484 e. The molecule has 1 N–H and O–H groups in total. The van der Waals surface area contributed by atoms with Crippen LogP contribution in [0.4, 0.5) is 10.1 Å². The fraction of sp³-hybridized carbons (Fsp3) is 0.400. The molecule has 1 unspecified atom stereocenters. The molecule has 8 nitrogen and oxygen atoms in total. The third-order valence-electron chi connectivity index (χ3n) is 6.19. The molecule has 2 aliphatic heterocycles. The van der Waals surface area contributed by atoms with Gasteiger partial charge in [-0.1, -0.05) is 18.2 Å². The van der Waals surface area contributed by atoms with Crippen molar-refractivity contribution < 1.29 is 23.5 Å². The van der Waals surface area contributed by atoms with Gasteiger partial charge in [0.1, 0.15) is 11.6 Å². The Balaban J connectivity index is 1.13. The van der Waals surface area contributed by atoms with Crippen molar-refractivity contribution in [2.24, 2.45) is 5.92 Å². The lowest BCUT2D eigenvalue weighted by Crippen LogP contribution is -2.51. The number of benzene rings is 2. The van der Waals surface area contributed by atoms with Crippen LogP contribution in [0.5, 0.6) is 5.75 Å². The lowest BCUT2D eigenvalue weighted by atomic mass is 10.1. The molecule has 2 heterocycles. The molecule has 0 spiro atoms. The van der Waals surface area contributed by atoms with Crippen molar-refractivity contribution in [3.05, 3.63) is 60.4 Å². The summed E-state index contributed by atoms with van der Waals surface area (Å²) in [4.78, 5) is 42.9. The van der Waals surface area contributed by atoms with Crippen LogP contribution in [0.3, 0.4) is 0 Å². The summed E-state index contributed by atoms with van der Waals surface area (Å²) in [5, 5.41) is 2.95. The Morgan fingerprint density at radius 3 is 2.41 bits per heavy atom. The summed E-state index contributed by atoms with van der Waals surface area (Å²) in [5.41, 5.74) is 0.818. The first kappa shape index (κ1) is 23.7. The number of nitrogens with one attached hydrogen (secondary N) is 1. The number of para-hydroxylation sites is 1. The highest BCUT2D eigenvalue weighted by atomic mass is 19.1. The average Bonchev–Trinajstić information content (AvgIpc) is 3.26. The maximum Gasteiger partial charge on any atom is 0.260 e. The van der Waals surface area contributed by atoms with E-state index in [4.69, 9.17) is 4.74 Å². The quantitative estimate of drug-likeness (QED) is 0.635. The summed E-state index contributed by atoms with van der Waals surface area (Å²) in [5.74, 6) is -0.472. The van der Waals surface area contributed by atoms with E-state index in [0.29, 0.717) is 51.6 Å². The Labute approximate surface area is 198 Å². The SMILES string of the molecule is O=C(NCCN1CCN(C(=O)COc2ccc(F)cc2)CC1)C1CC(=O)N(c2ccccc2)C1. The van der Waals surface area contributed by atoms with Crippen LogP contribution in [0, 0.1) is 11.7 Å². The van der Waals surface area contributed by atoms with Gasteiger partial charge < -0.3 is 19.9 Å². The van der Waals surface area contributed by atoms with E-state index in [9.17, 15) is 18.8 Å². The highest BCUT2D eigenvalue weighted by Gasteiger charge is 2.35. The van der Waals surface area contributed by atoms with Gasteiger partial charge in [-0.2, -0.15) is 0 Å². The number of rotatable bonds is 8. The number of carbonyl (C=O) groups excluding carboxylic acids is 3. The number of nitrogens with zero attached hydrogens (tertiary/aromatic N) is 3. The van der Waals surface area contributed by atoms with Gasteiger partial charge in [0, 0.05) is 57.9 Å². The van der Waals surface area contributed by atoms with Crippen LogP contribution >= 0.6 is 0 Å². The van der Waals surface area contributed by atoms with Crippen LogP contribution in [-0.2, 0) is 14.4 Å². The van der Waals surface area contributed by atoms with Crippen molar-refractivity contribution in [3.63, 3.8) is 0 Å². The number of ether oxygens (including phenoxy) is 1. The first-order valence-corrected chi connectivity index (χ1v) is 11.5. The summed E-state index contributed by atoms with van der Waals surface area (Å²) >= 11 is 0. The summed E-state index contributed by atoms with van der Waals surface area (Å²) < 4.78 is 18.4. The molecule has 0 bridgehead atoms. The highest BCUT2D eigenvalue weighted by Crippen LogP contribution is 2.24. The second-order valence-corrected chi connectivity index (χ2v) is 8.50. The van der Waals surface area contributed by atoms with Gasteiger partial charge in [0.15, 0.2) is 6.61 Å². The van der Waals surface area contributed by atoms with Gasteiger partial charge >= 0.3 is 0 Å². The molecule has 34 heavy (non-hydrogen) atoms. The van der Waals surface area contributed by atoms with Crippen molar-refractivity contribution in [2.75, 3.05) is 57.3 Å². The Morgan fingerprint density at radius 1 is 1.00 bits per heavy atom. The molecular weight excluding hydrogens is 439 g/mol. The van der Waals surface area contributed by atoms with Crippen LogP contribution in [0.25, 0.3) is 0 Å². The molecule has 1 atom stereocenters. The first-order chi connectivity index (χ1) is 16.5. The number of carbonyl (C=O) groups is 3. The molecule has 0 radical (unpaired) electrons. The largest absolute Gasteiger partial charge is 0.484 e. The molecule has 2 aromatic carbocycles. The van der Waals surface area contributed by atoms with Crippen LogP contribution in [0.1, 0.15) is 6.42 Å². The Morgan fingerprint density at radius 2 is 1.71 bits per heavy atom. The molecule has 0 aliphatic carbocycles. The van der Waals surface area contributed by atoms with E-state index < -0.39 is 0 Å². The second-order valence-electron chi connectivity index (χ2n) is 8.50. The van der Waals surface area contributed by atoms with Gasteiger partial charge in [-0.3, -0.25) is 19.3 Å². The van der Waals surface area contributed by atoms with Crippen LogP contribution in [-0.4, -0.2) is 79.9 Å². The van der Waals surface area contributed by atoms with Crippen molar-refractivity contribution in [2.45, 2.75) is 6.42 Å². The first-order valence-electron chi connectivity index (χ1n) is 11.5. The number of amides is 3. The number of hydrogen-bond acceptors (Lipinski definition) is 5. The third kappa shape index (κ3) is 6.11. The Bertz CT molecular complexity index is 994. The maximum atomic E-state index is 12.9. The monoisotopic (exact) mass is 468 g/mol. The summed E-state index contributed by atoms with van der Waals surface area (Å²) in [6.45, 7) is 4.09. The van der Waals surface area contributed by atoms with E-state index in [1.807, 2.05) is 30.3 Å². The molecule has 2 aliphatic rings. The van der Waals surface area contributed by atoms with Gasteiger partial charge in [-0.05, 0) is 36.4 Å². The van der Waals surface area contributed by atoms with Gasteiger partial charge in [-0.25, -0.2) is 4.39 Å². The molecule has 2 fully saturated rings. The van der Waals surface area contributed by atoms with Gasteiger partial charge in [0.2, 0.25) is 11.8 Å². The molecule has 9 heteroatoms. The highest BCUT2D eigenvalue weighted by molar-refractivity contribution is 6.00. The van der Waals surface area contributed by atoms with E-state index in [0.717, 1.165) is 5.69 Å². The zero-order chi connectivity index (χ0) is 23.9. The molecule has 2 aromatic rings. The van der Waals surface area contributed by atoms with Crippen molar-refractivity contribution in [3.8, 4) is 5.75 Å². The van der Waals surface area contributed by atoms with Gasteiger partial charge in [0.25, 0.3) is 5.91 Å². The molecule has 0 aromatic heterocycles. The molecule has 0 saturated carbocycles. The van der Waals surface area contributed by atoms with E-state index in [-0.39, 0.29) is 42.5 Å². The number of halogens is 1. The maximum absolute atomic E-state index is 12.9. The van der Waals surface area contributed by atoms with E-state index >= 15 is 0 Å². The molecule has 4 rings (SSSR count). The standard InChI is InChI=1S/C25H29FN4O4/c26-20-6-8-22(9-7-20)34-18-24(32)29-14-12-28(13-15-29)11-10-27-25(33)19-16-23(31)30(17-19)21-4-2-1-3-5-21/h1-9,19H,10-18H2,(H,27,33). The van der Waals surface area contributed by atoms with E-state index in [1.165, 1.54) is 24.3 Å². The summed E-state index contributed by atoms with van der Waals surface area (Å²) in [6, 6.07) is 15.0. The normalized spacial score (nSPS) is 18.7. The van der Waals surface area contributed by atoms with E-state index in [2.05, 4.69) is 10.2 Å². The Hall–Kier alpha value is -3.46. The number of hydrogen-bond donors (Lipinski definition) is 1. The minimum absolute atomic E-state index is 0.0319. The summed E-state index contributed by atoms with van der Waals surface area (Å²) in [6.07, 6.45) is 0.224. The lowest BCUT2D eigenvalue weighted by Gasteiger charge is -2.34. The molecule has 3 amide bonds. The topological polar surface area (TPSA) is 82.2 Å². The number of piperazine rings is 1. The summed E-state index contributed by atoms with van der Waals surface area (Å²) in [7, 11) is 0. The molecule has 180 valence electrons. The van der Waals surface area contributed by atoms with Crippen LogP contribution < -0.4 is 15.0 Å². The van der Waals surface area contributed by atoms with Crippen molar-refractivity contribution in [1.29, 1.82) is 0 Å². The average molecular weight is 469 g/mol. The van der Waals surface area contributed by atoms with Gasteiger partial charge in [-0.15, -0.1) is 0 Å². The predicted octanol–water partition coefficient (Wildman–Crippen LogP) is 1.52. The molecule has 2 saturated heterocycles. The van der Waals surface area contributed by atoms with E-state index in [1.54, 1.807) is 9.80 Å². The molecular formula is C25H29FN4O4.